The normalized spacial score (nSPS) is 11.1. The van der Waals surface area contributed by atoms with Crippen LogP contribution in [-0.4, -0.2) is 39.3 Å². The van der Waals surface area contributed by atoms with Crippen LogP contribution in [0.15, 0.2) is 53.6 Å². The highest BCUT2D eigenvalue weighted by molar-refractivity contribution is 6.05. The van der Waals surface area contributed by atoms with Gasteiger partial charge in [0.2, 0.25) is 5.69 Å². The van der Waals surface area contributed by atoms with E-state index in [1.54, 1.807) is 62.6 Å². The molecule has 170 valence electrons. The van der Waals surface area contributed by atoms with Gasteiger partial charge < -0.3 is 10.1 Å². The topological polar surface area (TPSA) is 141 Å². The lowest BCUT2D eigenvalue weighted by atomic mass is 10.1. The molecule has 3 rings (SSSR count). The Hall–Kier alpha value is -4.54. The molecule has 0 saturated carbocycles. The highest BCUT2D eigenvalue weighted by Crippen LogP contribution is 2.22. The van der Waals surface area contributed by atoms with Gasteiger partial charge in [0.1, 0.15) is 11.4 Å². The van der Waals surface area contributed by atoms with Crippen LogP contribution in [0.5, 0.6) is 5.75 Å². The van der Waals surface area contributed by atoms with E-state index in [9.17, 15) is 19.7 Å². The molecule has 0 unspecified atom stereocenters. The van der Waals surface area contributed by atoms with Crippen LogP contribution in [-0.2, 0) is 7.05 Å². The molecule has 0 saturated heterocycles. The summed E-state index contributed by atoms with van der Waals surface area (Å²) in [7, 11) is 3.00. The van der Waals surface area contributed by atoms with Crippen molar-refractivity contribution in [3.63, 3.8) is 0 Å². The quantitative estimate of drug-likeness (QED) is 0.322. The molecule has 0 aliphatic heterocycles. The third kappa shape index (κ3) is 5.21. The van der Waals surface area contributed by atoms with Gasteiger partial charge >= 0.3 is 5.69 Å². The van der Waals surface area contributed by atoms with Gasteiger partial charge in [-0.05, 0) is 55.8 Å². The molecule has 0 atom stereocenters. The molecule has 2 aromatic carbocycles. The fourth-order valence-corrected chi connectivity index (χ4v) is 3.11. The van der Waals surface area contributed by atoms with Crippen LogP contribution in [0.1, 0.15) is 39.0 Å². The van der Waals surface area contributed by atoms with Crippen molar-refractivity contribution in [2.24, 2.45) is 12.1 Å². The SMILES string of the molecule is COc1ccc(C(=O)Nc2ccc(/C(C)=N/NC(=O)c3c([N+](=O)[O-])c(C)nn3C)cc2)cc1. The fourth-order valence-electron chi connectivity index (χ4n) is 3.11. The third-order valence-corrected chi connectivity index (χ3v) is 4.83. The summed E-state index contributed by atoms with van der Waals surface area (Å²) in [6.45, 7) is 3.13. The minimum Gasteiger partial charge on any atom is -0.497 e. The average Bonchev–Trinajstić information content (AvgIpc) is 3.11. The zero-order chi connectivity index (χ0) is 24.1. The molecule has 0 aliphatic carbocycles. The highest BCUT2D eigenvalue weighted by atomic mass is 16.6. The van der Waals surface area contributed by atoms with Gasteiger partial charge in [-0.2, -0.15) is 10.2 Å². The molecule has 2 N–H and O–H groups in total. The molecule has 33 heavy (non-hydrogen) atoms. The Balaban J connectivity index is 1.67. The molecule has 0 fully saturated rings. The first-order valence-electron chi connectivity index (χ1n) is 9.79. The van der Waals surface area contributed by atoms with Gasteiger partial charge in [-0.1, -0.05) is 12.1 Å². The second-order valence-electron chi connectivity index (χ2n) is 7.06. The standard InChI is InChI=1S/C22H22N6O5/c1-13(24-25-22(30)20-19(28(31)32)14(2)26-27(20)3)15-5-9-17(10-6-15)23-21(29)16-7-11-18(33-4)12-8-16/h5-12H,1-4H3,(H,23,29)(H,25,30)/b24-13+. The summed E-state index contributed by atoms with van der Waals surface area (Å²) in [5, 5.41) is 22.0. The lowest BCUT2D eigenvalue weighted by molar-refractivity contribution is -0.385. The fraction of sp³-hybridized carbons (Fsp3) is 0.182. The van der Waals surface area contributed by atoms with Gasteiger partial charge in [-0.3, -0.25) is 24.4 Å². The summed E-state index contributed by atoms with van der Waals surface area (Å²) in [5.74, 6) is -0.352. The predicted octanol–water partition coefficient (Wildman–Crippen LogP) is 3.05. The number of nitrogens with zero attached hydrogens (tertiary/aromatic N) is 4. The van der Waals surface area contributed by atoms with Crippen LogP contribution < -0.4 is 15.5 Å². The zero-order valence-electron chi connectivity index (χ0n) is 18.4. The first kappa shape index (κ1) is 23.1. The van der Waals surface area contributed by atoms with Gasteiger partial charge in [-0.25, -0.2) is 5.43 Å². The molecule has 0 aliphatic rings. The lowest BCUT2D eigenvalue weighted by Crippen LogP contribution is -2.23. The van der Waals surface area contributed by atoms with Crippen molar-refractivity contribution in [1.82, 2.24) is 15.2 Å². The maximum Gasteiger partial charge on any atom is 0.322 e. The van der Waals surface area contributed by atoms with Crippen LogP contribution in [0, 0.1) is 17.0 Å². The summed E-state index contributed by atoms with van der Waals surface area (Å²) >= 11 is 0. The molecule has 0 radical (unpaired) electrons. The number of aromatic nitrogens is 2. The van der Waals surface area contributed by atoms with Crippen molar-refractivity contribution in [2.75, 3.05) is 12.4 Å². The molecule has 1 aromatic heterocycles. The minimum absolute atomic E-state index is 0.139. The maximum atomic E-state index is 12.5. The van der Waals surface area contributed by atoms with Crippen molar-refractivity contribution in [1.29, 1.82) is 0 Å². The number of nitrogens with one attached hydrogen (secondary N) is 2. The lowest BCUT2D eigenvalue weighted by Gasteiger charge is -2.08. The van der Waals surface area contributed by atoms with Crippen LogP contribution in [0.3, 0.4) is 0 Å². The van der Waals surface area contributed by atoms with Crippen molar-refractivity contribution in [3.8, 4) is 5.75 Å². The number of methoxy groups -OCH3 is 1. The number of hydrazone groups is 1. The molecule has 3 aromatic rings. The summed E-state index contributed by atoms with van der Waals surface area (Å²) < 4.78 is 6.23. The summed E-state index contributed by atoms with van der Waals surface area (Å²) in [6.07, 6.45) is 0. The van der Waals surface area contributed by atoms with E-state index in [4.69, 9.17) is 4.74 Å². The number of amides is 2. The number of anilines is 1. The molecular formula is C22H22N6O5. The van der Waals surface area contributed by atoms with E-state index in [1.807, 2.05) is 0 Å². The predicted molar refractivity (Wildman–Crippen MR) is 122 cm³/mol. The van der Waals surface area contributed by atoms with E-state index in [-0.39, 0.29) is 23.0 Å². The molecule has 2 amide bonds. The van der Waals surface area contributed by atoms with Crippen molar-refractivity contribution < 1.29 is 19.2 Å². The van der Waals surface area contributed by atoms with E-state index in [1.165, 1.54) is 14.0 Å². The van der Waals surface area contributed by atoms with E-state index in [0.29, 0.717) is 28.3 Å². The smallest absolute Gasteiger partial charge is 0.322 e. The van der Waals surface area contributed by atoms with Crippen LogP contribution in [0.4, 0.5) is 11.4 Å². The first-order valence-corrected chi connectivity index (χ1v) is 9.79. The van der Waals surface area contributed by atoms with Crippen molar-refractivity contribution in [2.45, 2.75) is 13.8 Å². The van der Waals surface area contributed by atoms with Gasteiger partial charge in [0.05, 0.1) is 17.7 Å². The zero-order valence-corrected chi connectivity index (χ0v) is 18.4. The first-order chi connectivity index (χ1) is 15.7. The molecule has 11 heteroatoms. The second kappa shape index (κ2) is 9.73. The Labute approximate surface area is 189 Å². The van der Waals surface area contributed by atoms with Gasteiger partial charge in [0, 0.05) is 18.3 Å². The Bertz CT molecular complexity index is 1230. The molecule has 0 bridgehead atoms. The Morgan fingerprint density at radius 3 is 2.24 bits per heavy atom. The number of rotatable bonds is 7. The average molecular weight is 450 g/mol. The number of aryl methyl sites for hydroxylation is 2. The summed E-state index contributed by atoms with van der Waals surface area (Å²) in [6, 6.07) is 13.6. The van der Waals surface area contributed by atoms with E-state index < -0.39 is 10.8 Å². The van der Waals surface area contributed by atoms with Gasteiger partial charge in [0.25, 0.3) is 11.8 Å². The highest BCUT2D eigenvalue weighted by Gasteiger charge is 2.29. The number of carbonyl (C=O) groups is 2. The largest absolute Gasteiger partial charge is 0.497 e. The summed E-state index contributed by atoms with van der Waals surface area (Å²) in [4.78, 5) is 35.4. The maximum absolute atomic E-state index is 12.5. The molecule has 1 heterocycles. The number of carbonyl (C=O) groups excluding carboxylic acids is 2. The Morgan fingerprint density at radius 1 is 1.06 bits per heavy atom. The van der Waals surface area contributed by atoms with Gasteiger partial charge in [-0.15, -0.1) is 0 Å². The van der Waals surface area contributed by atoms with E-state index >= 15 is 0 Å². The summed E-state index contributed by atoms with van der Waals surface area (Å²) in [5.41, 5.74) is 4.14. The molecule has 0 spiro atoms. The van der Waals surface area contributed by atoms with Crippen LogP contribution in [0.25, 0.3) is 0 Å². The second-order valence-corrected chi connectivity index (χ2v) is 7.06. The minimum atomic E-state index is -0.743. The number of hydrogen-bond donors (Lipinski definition) is 2. The van der Waals surface area contributed by atoms with Crippen LogP contribution >= 0.6 is 0 Å². The van der Waals surface area contributed by atoms with Crippen LogP contribution in [0.2, 0.25) is 0 Å². The van der Waals surface area contributed by atoms with Crippen molar-refractivity contribution >= 4 is 28.9 Å². The monoisotopic (exact) mass is 450 g/mol. The number of hydrogen-bond acceptors (Lipinski definition) is 7. The Morgan fingerprint density at radius 2 is 1.67 bits per heavy atom. The van der Waals surface area contributed by atoms with Gasteiger partial charge in [0.15, 0.2) is 0 Å². The van der Waals surface area contributed by atoms with E-state index in [0.717, 1.165) is 4.68 Å². The number of ether oxygens (including phenoxy) is 1. The molecular weight excluding hydrogens is 428 g/mol. The molecule has 11 nitrogen and oxygen atoms in total. The van der Waals surface area contributed by atoms with Crippen molar-refractivity contribution in [3.05, 3.63) is 81.2 Å². The third-order valence-electron chi connectivity index (χ3n) is 4.83. The number of nitro groups is 1. The number of benzene rings is 2. The Kier molecular flexibility index (Phi) is 6.82. The van der Waals surface area contributed by atoms with E-state index in [2.05, 4.69) is 20.9 Å².